The summed E-state index contributed by atoms with van der Waals surface area (Å²) in [5.74, 6) is 0.289. The van der Waals surface area contributed by atoms with Gasteiger partial charge in [-0.15, -0.1) is 0 Å². The number of methoxy groups -OCH3 is 1. The topological polar surface area (TPSA) is 32.7 Å². The fraction of sp³-hybridized carbons (Fsp3) is 0.625. The Bertz CT molecular complexity index is 427. The van der Waals surface area contributed by atoms with E-state index in [2.05, 4.69) is 11.8 Å². The zero-order valence-corrected chi connectivity index (χ0v) is 12.3. The van der Waals surface area contributed by atoms with Crippen LogP contribution in [0.25, 0.3) is 0 Å². The number of hydrogen-bond donors (Lipinski definition) is 1. The lowest BCUT2D eigenvalue weighted by molar-refractivity contribution is -0.00868. The molecule has 0 saturated carbocycles. The second-order valence-electron chi connectivity index (χ2n) is 5.70. The van der Waals surface area contributed by atoms with Crippen molar-refractivity contribution in [3.63, 3.8) is 0 Å². The van der Waals surface area contributed by atoms with Crippen LogP contribution in [0.1, 0.15) is 31.4 Å². The highest BCUT2D eigenvalue weighted by Crippen LogP contribution is 2.22. The third kappa shape index (κ3) is 4.01. The van der Waals surface area contributed by atoms with E-state index in [4.69, 9.17) is 4.74 Å². The number of hydrogen-bond acceptors (Lipinski definition) is 3. The van der Waals surface area contributed by atoms with Crippen LogP contribution < -0.4 is 0 Å². The first-order valence-corrected chi connectivity index (χ1v) is 7.29. The van der Waals surface area contributed by atoms with Crippen LogP contribution in [0.4, 0.5) is 4.39 Å². The van der Waals surface area contributed by atoms with Crippen LogP contribution in [0, 0.1) is 11.7 Å². The molecule has 3 unspecified atom stereocenters. The van der Waals surface area contributed by atoms with Gasteiger partial charge in [0.05, 0.1) is 12.2 Å². The van der Waals surface area contributed by atoms with Crippen molar-refractivity contribution in [2.75, 3.05) is 26.7 Å². The number of likely N-dealkylation sites (tertiary alicyclic amines) is 1. The molecular weight excluding hydrogens is 257 g/mol. The Hall–Kier alpha value is -0.970. The third-order valence-corrected chi connectivity index (χ3v) is 4.23. The maximum atomic E-state index is 13.1. The Labute approximate surface area is 120 Å². The highest BCUT2D eigenvalue weighted by atomic mass is 19.1. The fourth-order valence-electron chi connectivity index (χ4n) is 2.79. The number of halogens is 1. The van der Waals surface area contributed by atoms with Gasteiger partial charge in [0.15, 0.2) is 0 Å². The van der Waals surface area contributed by atoms with Crippen LogP contribution in [-0.2, 0) is 4.74 Å². The number of aliphatic hydroxyl groups excluding tert-OH is 1. The number of benzene rings is 1. The molecule has 20 heavy (non-hydrogen) atoms. The van der Waals surface area contributed by atoms with Gasteiger partial charge in [-0.05, 0) is 43.0 Å². The molecule has 1 saturated heterocycles. The molecule has 0 aromatic heterocycles. The standard InChI is InChI=1S/C16H24FNO2/c1-12-6-8-18(11-16(12)20-2)9-7-15(19)13-4-3-5-14(17)10-13/h3-5,10,12,15-16,19H,6-9,11H2,1-2H3. The summed E-state index contributed by atoms with van der Waals surface area (Å²) in [6.45, 7) is 4.97. The summed E-state index contributed by atoms with van der Waals surface area (Å²) >= 11 is 0. The number of piperidine rings is 1. The Morgan fingerprint density at radius 1 is 1.50 bits per heavy atom. The molecule has 1 aromatic rings. The highest BCUT2D eigenvalue weighted by Gasteiger charge is 2.26. The van der Waals surface area contributed by atoms with Crippen molar-refractivity contribution in [2.24, 2.45) is 5.92 Å². The van der Waals surface area contributed by atoms with Gasteiger partial charge < -0.3 is 14.7 Å². The minimum atomic E-state index is -0.606. The first-order valence-electron chi connectivity index (χ1n) is 7.29. The van der Waals surface area contributed by atoms with E-state index in [0.717, 1.165) is 26.1 Å². The highest BCUT2D eigenvalue weighted by molar-refractivity contribution is 5.18. The molecule has 1 aliphatic heterocycles. The van der Waals surface area contributed by atoms with E-state index < -0.39 is 6.10 Å². The Kier molecular flexibility index (Phi) is 5.52. The van der Waals surface area contributed by atoms with E-state index in [0.29, 0.717) is 17.9 Å². The summed E-state index contributed by atoms with van der Waals surface area (Å²) in [5, 5.41) is 10.1. The van der Waals surface area contributed by atoms with E-state index in [1.54, 1.807) is 19.2 Å². The predicted molar refractivity (Wildman–Crippen MR) is 77.0 cm³/mol. The monoisotopic (exact) mass is 281 g/mol. The Balaban J connectivity index is 1.83. The molecular formula is C16H24FNO2. The second kappa shape index (κ2) is 7.16. The van der Waals surface area contributed by atoms with E-state index in [9.17, 15) is 9.50 Å². The molecule has 1 aliphatic rings. The van der Waals surface area contributed by atoms with E-state index in [1.807, 2.05) is 0 Å². The van der Waals surface area contributed by atoms with Crippen molar-refractivity contribution in [2.45, 2.75) is 32.0 Å². The van der Waals surface area contributed by atoms with Crippen molar-refractivity contribution in [1.82, 2.24) is 4.90 Å². The summed E-state index contributed by atoms with van der Waals surface area (Å²) in [5.41, 5.74) is 0.652. The van der Waals surface area contributed by atoms with Crippen molar-refractivity contribution in [3.05, 3.63) is 35.6 Å². The number of rotatable bonds is 5. The number of nitrogens with zero attached hydrogens (tertiary/aromatic N) is 1. The van der Waals surface area contributed by atoms with Crippen molar-refractivity contribution in [1.29, 1.82) is 0 Å². The SMILES string of the molecule is COC1CN(CCC(O)c2cccc(F)c2)CCC1C. The van der Waals surface area contributed by atoms with Gasteiger partial charge in [0.1, 0.15) is 5.82 Å². The quantitative estimate of drug-likeness (QED) is 0.900. The molecule has 3 nitrogen and oxygen atoms in total. The maximum absolute atomic E-state index is 13.1. The molecule has 1 fully saturated rings. The molecule has 1 aromatic carbocycles. The molecule has 1 heterocycles. The first kappa shape index (κ1) is 15.4. The largest absolute Gasteiger partial charge is 0.388 e. The van der Waals surface area contributed by atoms with Gasteiger partial charge in [0.2, 0.25) is 0 Å². The molecule has 0 aliphatic carbocycles. The van der Waals surface area contributed by atoms with Gasteiger partial charge >= 0.3 is 0 Å². The van der Waals surface area contributed by atoms with Crippen molar-refractivity contribution < 1.29 is 14.2 Å². The van der Waals surface area contributed by atoms with Gasteiger partial charge in [-0.3, -0.25) is 0 Å². The predicted octanol–water partition coefficient (Wildman–Crippen LogP) is 2.61. The summed E-state index contributed by atoms with van der Waals surface area (Å²) in [7, 11) is 1.76. The van der Waals surface area contributed by atoms with Crippen LogP contribution in [0.15, 0.2) is 24.3 Å². The zero-order valence-electron chi connectivity index (χ0n) is 12.3. The molecule has 0 spiro atoms. The van der Waals surface area contributed by atoms with E-state index in [1.165, 1.54) is 12.1 Å². The molecule has 1 N–H and O–H groups in total. The first-order chi connectivity index (χ1) is 9.60. The lowest BCUT2D eigenvalue weighted by Crippen LogP contribution is -2.44. The van der Waals surface area contributed by atoms with Gasteiger partial charge in [-0.25, -0.2) is 4.39 Å². The van der Waals surface area contributed by atoms with Gasteiger partial charge in [0, 0.05) is 20.2 Å². The maximum Gasteiger partial charge on any atom is 0.123 e. The van der Waals surface area contributed by atoms with Crippen LogP contribution >= 0.6 is 0 Å². The summed E-state index contributed by atoms with van der Waals surface area (Å²) < 4.78 is 18.6. The van der Waals surface area contributed by atoms with Crippen LogP contribution in [-0.4, -0.2) is 42.9 Å². The van der Waals surface area contributed by atoms with Crippen molar-refractivity contribution in [3.8, 4) is 0 Å². The summed E-state index contributed by atoms with van der Waals surface area (Å²) in [6, 6.07) is 6.20. The van der Waals surface area contributed by atoms with Crippen LogP contribution in [0.5, 0.6) is 0 Å². The number of aliphatic hydroxyl groups is 1. The molecule has 4 heteroatoms. The normalized spacial score (nSPS) is 25.6. The Morgan fingerprint density at radius 2 is 2.30 bits per heavy atom. The van der Waals surface area contributed by atoms with Crippen molar-refractivity contribution >= 4 is 0 Å². The Morgan fingerprint density at radius 3 is 3.00 bits per heavy atom. The smallest absolute Gasteiger partial charge is 0.123 e. The average molecular weight is 281 g/mol. The van der Waals surface area contributed by atoms with E-state index in [-0.39, 0.29) is 11.9 Å². The summed E-state index contributed by atoms with van der Waals surface area (Å²) in [6.07, 6.45) is 1.41. The van der Waals surface area contributed by atoms with Crippen LogP contribution in [0.2, 0.25) is 0 Å². The lowest BCUT2D eigenvalue weighted by atomic mass is 9.95. The average Bonchev–Trinajstić information content (AvgIpc) is 2.46. The molecule has 112 valence electrons. The summed E-state index contributed by atoms with van der Waals surface area (Å²) in [4.78, 5) is 2.32. The number of ether oxygens (including phenoxy) is 1. The lowest BCUT2D eigenvalue weighted by Gasteiger charge is -2.36. The third-order valence-electron chi connectivity index (χ3n) is 4.23. The minimum Gasteiger partial charge on any atom is -0.388 e. The van der Waals surface area contributed by atoms with Gasteiger partial charge in [0.25, 0.3) is 0 Å². The molecule has 0 radical (unpaired) electrons. The van der Waals surface area contributed by atoms with Gasteiger partial charge in [-0.2, -0.15) is 0 Å². The fourth-order valence-corrected chi connectivity index (χ4v) is 2.79. The molecule has 0 bridgehead atoms. The van der Waals surface area contributed by atoms with E-state index >= 15 is 0 Å². The minimum absolute atomic E-state index is 0.273. The molecule has 0 amide bonds. The molecule has 2 rings (SSSR count). The van der Waals surface area contributed by atoms with Gasteiger partial charge in [-0.1, -0.05) is 19.1 Å². The van der Waals surface area contributed by atoms with Crippen LogP contribution in [0.3, 0.4) is 0 Å². The zero-order chi connectivity index (χ0) is 14.5. The second-order valence-corrected chi connectivity index (χ2v) is 5.70. The molecule has 3 atom stereocenters.